The molecular weight excluding hydrogens is 503 g/mol. The highest BCUT2D eigenvalue weighted by atomic mass is 32.2. The molecule has 0 amide bonds. The van der Waals surface area contributed by atoms with Crippen LogP contribution in [-0.2, 0) is 27.5 Å². The maximum Gasteiger partial charge on any atom is 0.423 e. The van der Waals surface area contributed by atoms with Gasteiger partial charge in [-0.25, -0.2) is 13.4 Å². The molecule has 15 heteroatoms. The Hall–Kier alpha value is -2.49. The van der Waals surface area contributed by atoms with Crippen LogP contribution < -0.4 is 10.1 Å². The lowest BCUT2D eigenvalue weighted by molar-refractivity contribution is -0.139. The Kier molecular flexibility index (Phi) is 8.02. The number of anilines is 1. The Morgan fingerprint density at radius 3 is 2.61 bits per heavy atom. The highest BCUT2D eigenvalue weighted by Gasteiger charge is 2.38. The average Bonchev–Trinajstić information content (AvgIpc) is 3.50. The maximum atomic E-state index is 13.4. The summed E-state index contributed by atoms with van der Waals surface area (Å²) in [7, 11) is 0.151. The minimum atomic E-state index is -4.66. The van der Waals surface area contributed by atoms with Crippen molar-refractivity contribution in [3.05, 3.63) is 24.2 Å². The summed E-state index contributed by atoms with van der Waals surface area (Å²) in [5.41, 5.74) is -1.05. The molecule has 0 bridgehead atoms. The summed E-state index contributed by atoms with van der Waals surface area (Å²) in [4.78, 5) is 9.91. The molecule has 0 saturated carbocycles. The summed E-state index contributed by atoms with van der Waals surface area (Å²) >= 11 is 0. The summed E-state index contributed by atoms with van der Waals surface area (Å²) in [6.45, 7) is 2.40. The van der Waals surface area contributed by atoms with Gasteiger partial charge in [0.05, 0.1) is 26.0 Å². The Balaban J connectivity index is 1.37. The van der Waals surface area contributed by atoms with Crippen LogP contribution >= 0.6 is 0 Å². The molecule has 0 unspecified atom stereocenters. The van der Waals surface area contributed by atoms with Gasteiger partial charge in [-0.2, -0.15) is 27.6 Å². The zero-order valence-electron chi connectivity index (χ0n) is 20.1. The third-order valence-corrected chi connectivity index (χ3v) is 7.89. The second-order valence-corrected chi connectivity index (χ2v) is 11.0. The van der Waals surface area contributed by atoms with Gasteiger partial charge in [-0.15, -0.1) is 0 Å². The fraction of sp³-hybridized carbons (Fsp3) is 0.667. The summed E-state index contributed by atoms with van der Waals surface area (Å²) in [5, 5.41) is 7.17. The molecule has 2 aliphatic rings. The van der Waals surface area contributed by atoms with Gasteiger partial charge in [-0.05, 0) is 26.9 Å². The molecule has 2 saturated heterocycles. The molecule has 4 heterocycles. The smallest absolute Gasteiger partial charge is 0.423 e. The molecule has 36 heavy (non-hydrogen) atoms. The van der Waals surface area contributed by atoms with Gasteiger partial charge in [0.25, 0.3) is 0 Å². The Morgan fingerprint density at radius 2 is 1.97 bits per heavy atom. The van der Waals surface area contributed by atoms with Crippen LogP contribution in [-0.4, -0.2) is 96.5 Å². The van der Waals surface area contributed by atoms with E-state index in [2.05, 4.69) is 20.4 Å². The van der Waals surface area contributed by atoms with Gasteiger partial charge in [0, 0.05) is 44.5 Å². The first kappa shape index (κ1) is 26.6. The van der Waals surface area contributed by atoms with Crippen LogP contribution in [0.2, 0.25) is 0 Å². The van der Waals surface area contributed by atoms with Crippen LogP contribution in [0.15, 0.2) is 23.5 Å². The van der Waals surface area contributed by atoms with Crippen LogP contribution in [0.3, 0.4) is 0 Å². The molecule has 0 spiro atoms. The number of hydrogen-bond donors (Lipinski definition) is 1. The average molecular weight is 534 g/mol. The van der Waals surface area contributed by atoms with Crippen LogP contribution in [0.25, 0.3) is 0 Å². The lowest BCUT2D eigenvalue weighted by Gasteiger charge is -2.31. The highest BCUT2D eigenvalue weighted by molar-refractivity contribution is 7.89. The van der Waals surface area contributed by atoms with E-state index >= 15 is 0 Å². The van der Waals surface area contributed by atoms with E-state index in [-0.39, 0.29) is 36.6 Å². The minimum Gasteiger partial charge on any atom is -0.471 e. The topological polar surface area (TPSA) is 115 Å². The molecule has 2 aliphatic heterocycles. The zero-order valence-corrected chi connectivity index (χ0v) is 20.9. The van der Waals surface area contributed by atoms with Crippen molar-refractivity contribution in [3.63, 3.8) is 0 Å². The van der Waals surface area contributed by atoms with Crippen LogP contribution in [0.1, 0.15) is 24.8 Å². The molecule has 2 aromatic rings. The third-order valence-electron chi connectivity index (χ3n) is 6.04. The van der Waals surface area contributed by atoms with Crippen molar-refractivity contribution in [2.45, 2.75) is 49.0 Å². The number of alkyl halides is 3. The second kappa shape index (κ2) is 10.9. The highest BCUT2D eigenvalue weighted by Crippen LogP contribution is 2.36. The number of nitrogens with zero attached hydrogens (tertiary/aromatic N) is 6. The molecule has 2 aromatic heterocycles. The zero-order chi connectivity index (χ0) is 25.9. The normalized spacial score (nSPS) is 20.2. The van der Waals surface area contributed by atoms with Gasteiger partial charge in [0.2, 0.25) is 21.9 Å². The Morgan fingerprint density at radius 1 is 1.22 bits per heavy atom. The van der Waals surface area contributed by atoms with Crippen LogP contribution in [0.4, 0.5) is 19.1 Å². The fourth-order valence-corrected chi connectivity index (χ4v) is 5.38. The van der Waals surface area contributed by atoms with Crippen molar-refractivity contribution in [2.24, 2.45) is 0 Å². The fourth-order valence-electron chi connectivity index (χ4n) is 3.96. The lowest BCUT2D eigenvalue weighted by atomic mass is 10.1. The van der Waals surface area contributed by atoms with Gasteiger partial charge in [-0.1, -0.05) is 0 Å². The molecular formula is C21H30F3N7O4S. The van der Waals surface area contributed by atoms with E-state index in [0.29, 0.717) is 38.6 Å². The van der Waals surface area contributed by atoms with Crippen molar-refractivity contribution >= 4 is 16.0 Å². The van der Waals surface area contributed by atoms with E-state index in [1.54, 1.807) is 4.68 Å². The predicted molar refractivity (Wildman–Crippen MR) is 123 cm³/mol. The second-order valence-electron chi connectivity index (χ2n) is 9.08. The van der Waals surface area contributed by atoms with Crippen LogP contribution in [0.5, 0.6) is 5.88 Å². The van der Waals surface area contributed by atoms with Gasteiger partial charge in [-0.3, -0.25) is 4.68 Å². The van der Waals surface area contributed by atoms with Gasteiger partial charge >= 0.3 is 6.18 Å². The van der Waals surface area contributed by atoms with Gasteiger partial charge in [0.15, 0.2) is 0 Å². The Bertz CT molecular complexity index is 1130. The number of hydrogen-bond acceptors (Lipinski definition) is 9. The molecule has 1 N–H and O–H groups in total. The Labute approximate surface area is 207 Å². The number of rotatable bonds is 9. The summed E-state index contributed by atoms with van der Waals surface area (Å²) in [6, 6.07) is -0.210. The molecule has 11 nitrogen and oxygen atoms in total. The van der Waals surface area contributed by atoms with E-state index in [4.69, 9.17) is 9.47 Å². The number of piperidine rings is 1. The number of aromatic nitrogens is 4. The molecule has 4 rings (SSSR count). The van der Waals surface area contributed by atoms with E-state index in [1.807, 2.05) is 19.0 Å². The maximum absolute atomic E-state index is 13.4. The number of nitrogens with one attached hydrogen (secondary N) is 1. The van der Waals surface area contributed by atoms with Crippen molar-refractivity contribution in [3.8, 4) is 5.88 Å². The van der Waals surface area contributed by atoms with Crippen molar-refractivity contribution in [1.82, 2.24) is 29.0 Å². The van der Waals surface area contributed by atoms with E-state index in [1.165, 1.54) is 16.7 Å². The van der Waals surface area contributed by atoms with Crippen molar-refractivity contribution in [1.29, 1.82) is 0 Å². The number of halogens is 3. The SMILES string of the molecule is CN(C)CCn1cc(S(=O)(=O)N2CCC(Nc3ncc(C(F)(F)F)c(O[C@H]4CCOC4)n3)CC2)cn1. The first-order chi connectivity index (χ1) is 17.0. The molecule has 0 aliphatic carbocycles. The summed E-state index contributed by atoms with van der Waals surface area (Å²) in [6.07, 6.45) is -0.240. The molecule has 2 fully saturated rings. The lowest BCUT2D eigenvalue weighted by Crippen LogP contribution is -2.42. The largest absolute Gasteiger partial charge is 0.471 e. The van der Waals surface area contributed by atoms with Gasteiger partial charge in [0.1, 0.15) is 16.6 Å². The monoisotopic (exact) mass is 533 g/mol. The van der Waals surface area contributed by atoms with Crippen molar-refractivity contribution in [2.75, 3.05) is 52.3 Å². The number of ether oxygens (including phenoxy) is 2. The molecule has 200 valence electrons. The minimum absolute atomic E-state index is 0.000362. The van der Waals surface area contributed by atoms with Crippen molar-refractivity contribution < 1.29 is 31.1 Å². The van der Waals surface area contributed by atoms with E-state index in [0.717, 1.165) is 6.54 Å². The molecule has 0 radical (unpaired) electrons. The first-order valence-electron chi connectivity index (χ1n) is 11.6. The van der Waals surface area contributed by atoms with E-state index < -0.39 is 33.7 Å². The first-order valence-corrected chi connectivity index (χ1v) is 13.1. The standard InChI is InChI=1S/C21H30F3N7O4S/c1-29(2)8-9-30-13-17(11-26-30)36(32,33)31-6-3-15(4-7-31)27-20-25-12-18(21(22,23)24)19(28-20)35-16-5-10-34-14-16/h11-13,15-16H,3-10,14H2,1-2H3,(H,25,27,28)/t16-/m0/s1. The van der Waals surface area contributed by atoms with Gasteiger partial charge < -0.3 is 19.7 Å². The predicted octanol–water partition coefficient (Wildman–Crippen LogP) is 1.69. The molecule has 0 aromatic carbocycles. The quantitative estimate of drug-likeness (QED) is 0.514. The number of likely N-dealkylation sites (N-methyl/N-ethyl adjacent to an activating group) is 1. The molecule has 1 atom stereocenters. The third kappa shape index (κ3) is 6.44. The summed E-state index contributed by atoms with van der Waals surface area (Å²) in [5.74, 6) is -0.540. The van der Waals surface area contributed by atoms with E-state index in [9.17, 15) is 21.6 Å². The van der Waals surface area contributed by atoms with Crippen LogP contribution in [0, 0.1) is 0 Å². The number of sulfonamides is 1. The summed E-state index contributed by atoms with van der Waals surface area (Å²) < 4.78 is 79.9.